The number of fused-ring (bicyclic) bond motifs is 1. The summed E-state index contributed by atoms with van der Waals surface area (Å²) in [4.78, 5) is 30.2. The van der Waals surface area contributed by atoms with Crippen LogP contribution < -0.4 is 10.1 Å². The number of phenols is 1. The van der Waals surface area contributed by atoms with Gasteiger partial charge < -0.3 is 19.6 Å². The van der Waals surface area contributed by atoms with Crippen LogP contribution in [0.1, 0.15) is 39.0 Å². The first-order valence-electron chi connectivity index (χ1n) is 13.0. The van der Waals surface area contributed by atoms with Gasteiger partial charge in [0.25, 0.3) is 11.8 Å². The van der Waals surface area contributed by atoms with E-state index in [9.17, 15) is 19.1 Å². The topological polar surface area (TPSA) is 101 Å². The van der Waals surface area contributed by atoms with Gasteiger partial charge in [-0.15, -0.1) is 0 Å². The van der Waals surface area contributed by atoms with Crippen molar-refractivity contribution in [1.82, 2.24) is 0 Å². The molecule has 1 aromatic heterocycles. The number of hydrogen-bond acceptors (Lipinski definition) is 5. The van der Waals surface area contributed by atoms with E-state index in [0.29, 0.717) is 35.6 Å². The number of carbonyl (C=O) groups is 2. The lowest BCUT2D eigenvalue weighted by molar-refractivity contribution is 0.0993. The average Bonchev–Trinajstić information content (AvgIpc) is 3.41. The molecule has 0 fully saturated rings. The third-order valence-electron chi connectivity index (χ3n) is 6.38. The van der Waals surface area contributed by atoms with Crippen molar-refractivity contribution in [2.75, 3.05) is 11.9 Å². The smallest absolute Gasteiger partial charge is 0.291 e. The number of nitrogens with one attached hydrogen (secondary N) is 1. The summed E-state index contributed by atoms with van der Waals surface area (Å²) in [6.45, 7) is 1.99. The molecule has 206 valence electrons. The van der Waals surface area contributed by atoms with Crippen LogP contribution in [0.3, 0.4) is 0 Å². The van der Waals surface area contributed by atoms with Crippen LogP contribution in [0.15, 0.2) is 106 Å². The first-order valence-corrected chi connectivity index (χ1v) is 13.0. The number of furan rings is 1. The SMILES string of the molecule is C/C(Cc1ccc(F)cc1)=N\C(=O)c1ccc(NC(=O)c2cc3ccccc3o2)c(OCCc2ccc(O)cc2)c1. The van der Waals surface area contributed by atoms with E-state index in [1.165, 1.54) is 12.1 Å². The molecule has 0 atom stereocenters. The van der Waals surface area contributed by atoms with Gasteiger partial charge in [-0.25, -0.2) is 9.38 Å². The van der Waals surface area contributed by atoms with E-state index in [4.69, 9.17) is 9.15 Å². The molecule has 0 aliphatic heterocycles. The third kappa shape index (κ3) is 7.05. The van der Waals surface area contributed by atoms with Crippen LogP contribution in [-0.2, 0) is 12.8 Å². The summed E-state index contributed by atoms with van der Waals surface area (Å²) in [6.07, 6.45) is 0.929. The number of aliphatic imine (C=N–C) groups is 1. The number of hydrogen-bond donors (Lipinski definition) is 2. The molecule has 1 heterocycles. The van der Waals surface area contributed by atoms with Crippen LogP contribution >= 0.6 is 0 Å². The highest BCUT2D eigenvalue weighted by molar-refractivity contribution is 6.07. The standard InChI is InChI=1S/C33H27FN2O5/c1-21(18-23-6-11-26(34)12-7-23)35-32(38)25-10-15-28(30(20-25)40-17-16-22-8-13-27(37)14-9-22)36-33(39)31-19-24-4-2-3-5-29(24)41-31/h2-15,19-20,37H,16-18H2,1H3,(H,36,39)/b35-21+. The molecule has 4 aromatic carbocycles. The zero-order valence-corrected chi connectivity index (χ0v) is 22.3. The Kier molecular flexibility index (Phi) is 8.20. The Balaban J connectivity index is 1.35. The minimum Gasteiger partial charge on any atom is -0.508 e. The highest BCUT2D eigenvalue weighted by atomic mass is 19.1. The molecule has 0 saturated heterocycles. The molecule has 8 heteroatoms. The van der Waals surface area contributed by atoms with Crippen molar-refractivity contribution in [3.8, 4) is 11.5 Å². The Labute approximate surface area is 235 Å². The van der Waals surface area contributed by atoms with E-state index in [2.05, 4.69) is 10.3 Å². The molecule has 0 unspecified atom stereocenters. The second-order valence-corrected chi connectivity index (χ2v) is 9.53. The third-order valence-corrected chi connectivity index (χ3v) is 6.38. The molecule has 7 nitrogen and oxygen atoms in total. The Hall–Kier alpha value is -5.24. The quantitative estimate of drug-likeness (QED) is 0.193. The van der Waals surface area contributed by atoms with E-state index in [1.807, 2.05) is 18.2 Å². The number of phenolic OH excluding ortho intramolecular Hbond substituents is 1. The predicted octanol–water partition coefficient (Wildman–Crippen LogP) is 7.00. The minimum absolute atomic E-state index is 0.141. The number of para-hydroxylation sites is 1. The van der Waals surface area contributed by atoms with E-state index < -0.39 is 11.8 Å². The number of nitrogens with zero attached hydrogens (tertiary/aromatic N) is 1. The molecule has 5 rings (SSSR count). The van der Waals surface area contributed by atoms with Gasteiger partial charge in [-0.3, -0.25) is 9.59 Å². The van der Waals surface area contributed by atoms with Gasteiger partial charge in [0.15, 0.2) is 5.76 Å². The molecular formula is C33H27FN2O5. The second kappa shape index (κ2) is 12.3. The predicted molar refractivity (Wildman–Crippen MR) is 155 cm³/mol. The summed E-state index contributed by atoms with van der Waals surface area (Å²) >= 11 is 0. The highest BCUT2D eigenvalue weighted by Crippen LogP contribution is 2.28. The molecule has 2 amide bonds. The van der Waals surface area contributed by atoms with Crippen LogP contribution in [0.2, 0.25) is 0 Å². The summed E-state index contributed by atoms with van der Waals surface area (Å²) in [6, 6.07) is 26.5. The maximum absolute atomic E-state index is 13.2. The number of ether oxygens (including phenoxy) is 1. The fourth-order valence-electron chi connectivity index (χ4n) is 4.27. The Morgan fingerprint density at radius 3 is 2.41 bits per heavy atom. The molecule has 0 spiro atoms. The summed E-state index contributed by atoms with van der Waals surface area (Å²) in [5.74, 6) is -0.649. The Morgan fingerprint density at radius 2 is 1.66 bits per heavy atom. The number of carbonyl (C=O) groups excluding carboxylic acids is 2. The van der Waals surface area contributed by atoms with Crippen LogP contribution in [0.4, 0.5) is 10.1 Å². The monoisotopic (exact) mass is 550 g/mol. The van der Waals surface area contributed by atoms with Crippen LogP contribution in [0, 0.1) is 5.82 Å². The van der Waals surface area contributed by atoms with Crippen molar-refractivity contribution in [1.29, 1.82) is 0 Å². The van der Waals surface area contributed by atoms with Gasteiger partial charge in [0, 0.05) is 29.5 Å². The van der Waals surface area contributed by atoms with Crippen LogP contribution in [-0.4, -0.2) is 29.2 Å². The van der Waals surface area contributed by atoms with Crippen LogP contribution in [0.25, 0.3) is 11.0 Å². The highest BCUT2D eigenvalue weighted by Gasteiger charge is 2.17. The maximum Gasteiger partial charge on any atom is 0.291 e. The van der Waals surface area contributed by atoms with E-state index in [1.54, 1.807) is 73.7 Å². The molecule has 0 aliphatic carbocycles. The summed E-state index contributed by atoms with van der Waals surface area (Å²) in [5.41, 5.74) is 3.59. The van der Waals surface area contributed by atoms with Gasteiger partial charge in [-0.05, 0) is 72.6 Å². The Bertz CT molecular complexity index is 1690. The molecule has 0 bridgehead atoms. The first-order chi connectivity index (χ1) is 19.8. The molecular weight excluding hydrogens is 523 g/mol. The van der Waals surface area contributed by atoms with Gasteiger partial charge in [0.05, 0.1) is 12.3 Å². The van der Waals surface area contributed by atoms with Crippen molar-refractivity contribution in [3.63, 3.8) is 0 Å². The lowest BCUT2D eigenvalue weighted by atomic mass is 10.1. The lowest BCUT2D eigenvalue weighted by Crippen LogP contribution is -2.13. The number of benzene rings is 4. The van der Waals surface area contributed by atoms with Crippen LogP contribution in [0.5, 0.6) is 11.5 Å². The van der Waals surface area contributed by atoms with Crippen molar-refractivity contribution >= 4 is 34.2 Å². The maximum atomic E-state index is 13.2. The molecule has 5 aromatic rings. The second-order valence-electron chi connectivity index (χ2n) is 9.53. The zero-order valence-electron chi connectivity index (χ0n) is 22.3. The number of rotatable bonds is 9. The lowest BCUT2D eigenvalue weighted by Gasteiger charge is -2.13. The van der Waals surface area contributed by atoms with E-state index >= 15 is 0 Å². The van der Waals surface area contributed by atoms with Gasteiger partial charge in [-0.2, -0.15) is 0 Å². The van der Waals surface area contributed by atoms with Gasteiger partial charge >= 0.3 is 0 Å². The first kappa shape index (κ1) is 27.3. The number of amides is 2. The molecule has 41 heavy (non-hydrogen) atoms. The van der Waals surface area contributed by atoms with Gasteiger partial charge in [0.1, 0.15) is 22.9 Å². The van der Waals surface area contributed by atoms with E-state index in [0.717, 1.165) is 16.5 Å². The normalized spacial score (nSPS) is 11.4. The fourth-order valence-corrected chi connectivity index (χ4v) is 4.27. The molecule has 0 aliphatic rings. The summed E-state index contributed by atoms with van der Waals surface area (Å²) < 4.78 is 24.9. The molecule has 0 saturated carbocycles. The van der Waals surface area contributed by atoms with Crippen molar-refractivity contribution in [3.05, 3.63) is 125 Å². The van der Waals surface area contributed by atoms with Crippen molar-refractivity contribution < 1.29 is 28.2 Å². The van der Waals surface area contributed by atoms with Gasteiger partial charge in [-0.1, -0.05) is 42.5 Å². The minimum atomic E-state index is -0.469. The molecule has 2 N–H and O–H groups in total. The summed E-state index contributed by atoms with van der Waals surface area (Å²) in [7, 11) is 0. The summed E-state index contributed by atoms with van der Waals surface area (Å²) in [5, 5.41) is 13.1. The number of halogens is 1. The van der Waals surface area contributed by atoms with Gasteiger partial charge in [0.2, 0.25) is 0 Å². The molecule has 0 radical (unpaired) electrons. The largest absolute Gasteiger partial charge is 0.508 e. The number of anilines is 1. The Morgan fingerprint density at radius 1 is 0.927 bits per heavy atom. The number of aromatic hydroxyl groups is 1. The fraction of sp³-hybridized carbons (Fsp3) is 0.121. The van der Waals surface area contributed by atoms with Crippen molar-refractivity contribution in [2.45, 2.75) is 19.8 Å². The van der Waals surface area contributed by atoms with Crippen molar-refractivity contribution in [2.24, 2.45) is 4.99 Å². The average molecular weight is 551 g/mol. The van der Waals surface area contributed by atoms with E-state index in [-0.39, 0.29) is 29.5 Å². The zero-order chi connectivity index (χ0) is 28.8.